The summed E-state index contributed by atoms with van der Waals surface area (Å²) in [4.78, 5) is 24.5. The number of aliphatic hydroxyl groups is 1. The molecule has 5 nitrogen and oxygen atoms in total. The zero-order valence-corrected chi connectivity index (χ0v) is 51.1. The van der Waals surface area contributed by atoms with Crippen molar-refractivity contribution in [1.82, 2.24) is 0 Å². The predicted molar refractivity (Wildman–Crippen MR) is 360 cm³/mol. The Labute approximate surface area is 501 Å². The Bertz CT molecular complexity index is 2140. The van der Waals surface area contributed by atoms with E-state index in [1.54, 1.807) is 0 Å². The number of carbonyl (C=O) groups is 2. The average molecular weight is 1120 g/mol. The third-order valence-electron chi connectivity index (χ3n) is 11.8. The Morgan fingerprint density at radius 3 is 0.720 bits per heavy atom. The highest BCUT2D eigenvalue weighted by molar-refractivity contribution is 5.70. The van der Waals surface area contributed by atoms with Gasteiger partial charge in [0.05, 0.1) is 6.61 Å². The number of carbonyl (C=O) groups excluding carboxylic acids is 2. The Morgan fingerprint density at radius 1 is 0.280 bits per heavy atom. The summed E-state index contributed by atoms with van der Waals surface area (Å²) in [6.07, 6.45) is 117. The predicted octanol–water partition coefficient (Wildman–Crippen LogP) is 22.1. The first-order valence-electron chi connectivity index (χ1n) is 31.2. The molecular weight excluding hydrogens is 1000 g/mol. The molecule has 0 bridgehead atoms. The molecule has 0 amide bonds. The summed E-state index contributed by atoms with van der Waals surface area (Å²) >= 11 is 0. The molecule has 0 radical (unpaired) electrons. The molecule has 1 N–H and O–H groups in total. The third-order valence-corrected chi connectivity index (χ3v) is 11.8. The molecule has 0 spiro atoms. The van der Waals surface area contributed by atoms with Crippen molar-refractivity contribution in [3.8, 4) is 0 Å². The van der Waals surface area contributed by atoms with Gasteiger partial charge in [-0.05, 0) is 167 Å². The van der Waals surface area contributed by atoms with Crippen LogP contribution in [0.1, 0.15) is 194 Å². The molecule has 0 aliphatic heterocycles. The molecule has 0 saturated heterocycles. The lowest BCUT2D eigenvalue weighted by Crippen LogP contribution is -2.28. The van der Waals surface area contributed by atoms with E-state index in [0.29, 0.717) is 12.8 Å². The molecule has 1 unspecified atom stereocenters. The molecule has 0 aliphatic carbocycles. The van der Waals surface area contributed by atoms with Gasteiger partial charge in [-0.1, -0.05) is 269 Å². The van der Waals surface area contributed by atoms with Crippen molar-refractivity contribution in [2.45, 2.75) is 200 Å². The van der Waals surface area contributed by atoms with Gasteiger partial charge in [0.15, 0.2) is 6.10 Å². The molecule has 0 aliphatic rings. The number of hydrogen-bond donors (Lipinski definition) is 1. The summed E-state index contributed by atoms with van der Waals surface area (Å²) in [5, 5.41) is 9.66. The highest BCUT2D eigenvalue weighted by Gasteiger charge is 2.16. The average Bonchev–Trinajstić information content (AvgIpc) is 3.49. The molecule has 448 valence electrons. The minimum atomic E-state index is -0.843. The highest BCUT2D eigenvalue weighted by atomic mass is 16.6. The Balaban J connectivity index is 3.80. The lowest BCUT2D eigenvalue weighted by molar-refractivity contribution is -0.161. The topological polar surface area (TPSA) is 72.8 Å². The molecular formula is C77H110O5. The van der Waals surface area contributed by atoms with E-state index in [9.17, 15) is 14.7 Å². The lowest BCUT2D eigenvalue weighted by atomic mass is 10.2. The van der Waals surface area contributed by atoms with Gasteiger partial charge in [0.2, 0.25) is 0 Å². The Hall–Kier alpha value is -6.56. The summed E-state index contributed by atoms with van der Waals surface area (Å²) < 4.78 is 10.6. The molecule has 0 aromatic rings. The second-order valence-electron chi connectivity index (χ2n) is 19.3. The van der Waals surface area contributed by atoms with Crippen molar-refractivity contribution in [1.29, 1.82) is 0 Å². The van der Waals surface area contributed by atoms with Crippen LogP contribution in [0.3, 0.4) is 0 Å². The number of ether oxygens (including phenoxy) is 2. The lowest BCUT2D eigenvalue weighted by Gasteiger charge is -2.15. The summed E-state index contributed by atoms with van der Waals surface area (Å²) in [6.45, 7) is 3.80. The fourth-order valence-electron chi connectivity index (χ4n) is 7.24. The van der Waals surface area contributed by atoms with Crippen LogP contribution >= 0.6 is 0 Å². The van der Waals surface area contributed by atoms with Crippen molar-refractivity contribution >= 4 is 11.9 Å². The van der Waals surface area contributed by atoms with Crippen LogP contribution in [0.5, 0.6) is 0 Å². The second-order valence-corrected chi connectivity index (χ2v) is 19.3. The number of esters is 2. The van der Waals surface area contributed by atoms with E-state index >= 15 is 0 Å². The van der Waals surface area contributed by atoms with E-state index in [1.165, 1.54) is 0 Å². The van der Waals surface area contributed by atoms with Crippen LogP contribution in [-0.4, -0.2) is 36.4 Å². The number of unbranched alkanes of at least 4 members (excludes halogenated alkanes) is 3. The van der Waals surface area contributed by atoms with Crippen LogP contribution in [-0.2, 0) is 19.1 Å². The highest BCUT2D eigenvalue weighted by Crippen LogP contribution is 2.08. The van der Waals surface area contributed by atoms with Crippen molar-refractivity contribution in [2.75, 3.05) is 13.2 Å². The van der Waals surface area contributed by atoms with E-state index in [1.807, 2.05) is 0 Å². The van der Waals surface area contributed by atoms with Crippen molar-refractivity contribution in [3.63, 3.8) is 0 Å². The van der Waals surface area contributed by atoms with E-state index < -0.39 is 6.10 Å². The van der Waals surface area contributed by atoms with Gasteiger partial charge in [-0.25, -0.2) is 0 Å². The van der Waals surface area contributed by atoms with Gasteiger partial charge in [0.25, 0.3) is 0 Å². The first-order chi connectivity index (χ1) is 40.6. The second kappa shape index (κ2) is 68.7. The maximum Gasteiger partial charge on any atom is 0.306 e. The van der Waals surface area contributed by atoms with Gasteiger partial charge in [-0.3, -0.25) is 9.59 Å². The molecule has 1 atom stereocenters. The first-order valence-corrected chi connectivity index (χ1v) is 31.2. The van der Waals surface area contributed by atoms with Gasteiger partial charge < -0.3 is 14.6 Å². The van der Waals surface area contributed by atoms with E-state index in [-0.39, 0.29) is 38.0 Å². The first kappa shape index (κ1) is 75.4. The van der Waals surface area contributed by atoms with Crippen LogP contribution in [0.4, 0.5) is 0 Å². The van der Waals surface area contributed by atoms with Gasteiger partial charge in [0, 0.05) is 12.8 Å². The molecule has 0 saturated carbocycles. The smallest absolute Gasteiger partial charge is 0.306 e. The Kier molecular flexibility index (Phi) is 63.2. The summed E-state index contributed by atoms with van der Waals surface area (Å²) in [6, 6.07) is 0. The van der Waals surface area contributed by atoms with Gasteiger partial charge in [-0.2, -0.15) is 0 Å². The summed E-state index contributed by atoms with van der Waals surface area (Å²) in [5.41, 5.74) is 0. The largest absolute Gasteiger partial charge is 0.462 e. The van der Waals surface area contributed by atoms with E-state index in [2.05, 4.69) is 269 Å². The zero-order valence-electron chi connectivity index (χ0n) is 51.1. The number of hydrogen-bond acceptors (Lipinski definition) is 5. The summed E-state index contributed by atoms with van der Waals surface area (Å²) in [7, 11) is 0. The van der Waals surface area contributed by atoms with Crippen molar-refractivity contribution < 1.29 is 24.2 Å². The molecule has 0 rings (SSSR count). The standard InChI is InChI=1S/C77H110O5/c1-3-5-7-9-11-13-15-17-19-21-23-25-27-29-31-33-34-35-36-37-38-39-40-41-42-44-46-48-50-52-54-56-58-60-62-64-66-68-70-72-77(80)82-75(73-78)74-81-76(79)71-69-67-65-63-61-59-57-55-53-51-49-47-45-43-32-30-28-26-24-22-20-18-16-14-12-10-8-6-4-2/h5-8,11-14,17-20,23-26,29-32,34-35,37-38,40-41,44-47,50-53,56-59,62-65,75,78H,3-4,9-10,15-16,21-22,27-28,33,36,39,42-43,48-49,54-55,60-61,66-74H2,1-2H3/b7-5-,8-6-,13-11-,14-12-,19-17-,20-18-,25-23-,26-24-,31-29-,32-30-,35-34-,38-37-,41-40-,46-44-,47-45-,52-50-,53-51-,58-56-,59-57-,64-62-,65-63-. The Morgan fingerprint density at radius 2 is 0.488 bits per heavy atom. The van der Waals surface area contributed by atoms with Crippen molar-refractivity contribution in [3.05, 3.63) is 255 Å². The van der Waals surface area contributed by atoms with Crippen LogP contribution in [0.25, 0.3) is 0 Å². The molecule has 0 heterocycles. The van der Waals surface area contributed by atoms with Crippen LogP contribution in [0.15, 0.2) is 255 Å². The monoisotopic (exact) mass is 1110 g/mol. The van der Waals surface area contributed by atoms with Crippen LogP contribution in [0.2, 0.25) is 0 Å². The fraction of sp³-hybridized carbons (Fsp3) is 0.429. The van der Waals surface area contributed by atoms with Crippen LogP contribution in [0, 0.1) is 0 Å². The summed E-state index contributed by atoms with van der Waals surface area (Å²) in [5.74, 6) is -0.737. The molecule has 0 aromatic heterocycles. The minimum Gasteiger partial charge on any atom is -0.462 e. The third kappa shape index (κ3) is 66.0. The number of allylic oxidation sites excluding steroid dienone is 42. The fourth-order valence-corrected chi connectivity index (χ4v) is 7.24. The number of rotatable bonds is 53. The molecule has 0 aromatic carbocycles. The maximum atomic E-state index is 12.3. The molecule has 5 heteroatoms. The molecule has 0 fully saturated rings. The zero-order chi connectivity index (χ0) is 59.1. The maximum absolute atomic E-state index is 12.3. The number of aliphatic hydroxyl groups excluding tert-OH is 1. The minimum absolute atomic E-state index is 0.134. The van der Waals surface area contributed by atoms with Gasteiger partial charge in [0.1, 0.15) is 6.61 Å². The van der Waals surface area contributed by atoms with E-state index in [4.69, 9.17) is 9.47 Å². The van der Waals surface area contributed by atoms with Gasteiger partial charge >= 0.3 is 11.9 Å². The SMILES string of the molecule is CC/C=C\C/C=C\C/C=C\C/C=C\C/C=C\C/C=C\C/C=C\C/C=C\C/C=C\C/C=C\C/C=C\C/C=C\CCCCC(=O)OC(CO)COC(=O)CCC/C=C\C/C=C\C/C=C\C/C=C\C/C=C\C/C=C\C/C=C\C/C=C\C/C=C\CC. The van der Waals surface area contributed by atoms with Crippen LogP contribution < -0.4 is 0 Å². The quantitative estimate of drug-likeness (QED) is 0.0373. The van der Waals surface area contributed by atoms with E-state index in [0.717, 1.165) is 154 Å². The van der Waals surface area contributed by atoms with Crippen molar-refractivity contribution in [2.24, 2.45) is 0 Å². The normalized spacial score (nSPS) is 14.0. The van der Waals surface area contributed by atoms with Gasteiger partial charge in [-0.15, -0.1) is 0 Å². The molecule has 82 heavy (non-hydrogen) atoms.